The molecule has 0 N–H and O–H groups in total. The van der Waals surface area contributed by atoms with Gasteiger partial charge in [-0.2, -0.15) is 0 Å². The molecule has 4 aliphatic rings. The fourth-order valence-corrected chi connectivity index (χ4v) is 9.80. The summed E-state index contributed by atoms with van der Waals surface area (Å²) >= 11 is 0. The molecule has 258 valence electrons. The monoisotopic (exact) mass is 692 g/mol. The van der Waals surface area contributed by atoms with Crippen LogP contribution in [0.25, 0.3) is 44.2 Å². The smallest absolute Gasteiger partial charge is 0.0961 e. The van der Waals surface area contributed by atoms with E-state index in [4.69, 9.17) is 0 Å². The lowest BCUT2D eigenvalue weighted by Crippen LogP contribution is -2.49. The molecular weight excluding hydrogens is 653 g/mol. The summed E-state index contributed by atoms with van der Waals surface area (Å²) in [4.78, 5) is 0. The normalized spacial score (nSPS) is 20.1. The van der Waals surface area contributed by atoms with Crippen molar-refractivity contribution in [3.8, 4) is 11.1 Å². The Morgan fingerprint density at radius 3 is 2.07 bits per heavy atom. The van der Waals surface area contributed by atoms with Gasteiger partial charge in [0.05, 0.1) is 28.2 Å². The van der Waals surface area contributed by atoms with Crippen LogP contribution in [0.15, 0.2) is 199 Å². The molecule has 2 nitrogen and oxygen atoms in total. The van der Waals surface area contributed by atoms with Crippen molar-refractivity contribution in [2.75, 3.05) is 5.01 Å². The molecule has 0 saturated carbocycles. The summed E-state index contributed by atoms with van der Waals surface area (Å²) in [6, 6.07) is 56.4. The molecule has 7 aromatic rings. The summed E-state index contributed by atoms with van der Waals surface area (Å²) in [5.41, 5.74) is 16.6. The average molecular weight is 693 g/mol. The Bertz CT molecular complexity index is 2760. The number of hydrogen-bond donors (Lipinski definition) is 0. The molecule has 2 atom stereocenters. The van der Waals surface area contributed by atoms with Crippen molar-refractivity contribution in [2.45, 2.75) is 37.1 Å². The number of para-hydroxylation sites is 1. The Morgan fingerprint density at radius 1 is 0.556 bits per heavy atom. The van der Waals surface area contributed by atoms with Crippen LogP contribution in [-0.4, -0.2) is 10.7 Å². The van der Waals surface area contributed by atoms with Crippen LogP contribution in [0.4, 0.5) is 0 Å². The van der Waals surface area contributed by atoms with Crippen molar-refractivity contribution < 1.29 is 0 Å². The Balaban J connectivity index is 1.19. The SMILES string of the molecule is C1=CC(C2(c3ccccc3)c3ccccc3-c3cc4c5ccccc5n(N5C(c6ccccc6)=CC5C5=CCCC(c6ccccc6)=C5)c4cc32)=CCC1. The Morgan fingerprint density at radius 2 is 1.28 bits per heavy atom. The van der Waals surface area contributed by atoms with Gasteiger partial charge in [0.15, 0.2) is 0 Å². The van der Waals surface area contributed by atoms with Crippen molar-refractivity contribution in [3.63, 3.8) is 0 Å². The molecule has 3 aliphatic carbocycles. The summed E-state index contributed by atoms with van der Waals surface area (Å²) in [5, 5.41) is 5.14. The van der Waals surface area contributed by atoms with E-state index in [1.807, 2.05) is 0 Å². The van der Waals surface area contributed by atoms with Gasteiger partial charge in [-0.25, -0.2) is 0 Å². The summed E-state index contributed by atoms with van der Waals surface area (Å²) < 4.78 is 2.55. The molecule has 1 aromatic heterocycles. The molecule has 0 radical (unpaired) electrons. The van der Waals surface area contributed by atoms with Crippen LogP contribution in [0, 0.1) is 0 Å². The van der Waals surface area contributed by atoms with E-state index in [0.717, 1.165) is 25.7 Å². The van der Waals surface area contributed by atoms with Gasteiger partial charge >= 0.3 is 0 Å². The van der Waals surface area contributed by atoms with Gasteiger partial charge in [0.25, 0.3) is 0 Å². The first-order valence-electron chi connectivity index (χ1n) is 19.4. The summed E-state index contributed by atoms with van der Waals surface area (Å²) in [6.07, 6.45) is 18.9. The molecule has 2 heteroatoms. The van der Waals surface area contributed by atoms with E-state index in [1.165, 1.54) is 83.2 Å². The van der Waals surface area contributed by atoms with Gasteiger partial charge in [0.1, 0.15) is 0 Å². The molecule has 1 aliphatic heterocycles. The van der Waals surface area contributed by atoms with Crippen LogP contribution in [0.5, 0.6) is 0 Å². The number of nitrogens with zero attached hydrogens (tertiary/aromatic N) is 2. The topological polar surface area (TPSA) is 8.17 Å². The van der Waals surface area contributed by atoms with Crippen LogP contribution in [0.3, 0.4) is 0 Å². The van der Waals surface area contributed by atoms with Gasteiger partial charge in [-0.1, -0.05) is 164 Å². The second kappa shape index (κ2) is 12.4. The predicted molar refractivity (Wildman–Crippen MR) is 226 cm³/mol. The molecular formula is C52H40N2. The third kappa shape index (κ3) is 4.53. The minimum Gasteiger partial charge on any atom is -0.269 e. The maximum Gasteiger partial charge on any atom is 0.0961 e. The molecule has 0 fully saturated rings. The number of rotatable bonds is 6. The lowest BCUT2D eigenvalue weighted by molar-refractivity contribution is 0.662. The summed E-state index contributed by atoms with van der Waals surface area (Å²) in [7, 11) is 0. The van der Waals surface area contributed by atoms with Crippen LogP contribution < -0.4 is 5.01 Å². The Kier molecular flexibility index (Phi) is 7.13. The van der Waals surface area contributed by atoms with E-state index in [2.05, 4.69) is 198 Å². The highest BCUT2D eigenvalue weighted by atomic mass is 15.6. The highest BCUT2D eigenvalue weighted by Gasteiger charge is 2.47. The number of aromatic nitrogens is 1. The van der Waals surface area contributed by atoms with E-state index in [9.17, 15) is 0 Å². The second-order valence-electron chi connectivity index (χ2n) is 15.0. The van der Waals surface area contributed by atoms with Gasteiger partial charge in [-0.05, 0) is 106 Å². The van der Waals surface area contributed by atoms with Crippen molar-refractivity contribution in [2.24, 2.45) is 0 Å². The molecule has 0 spiro atoms. The quantitative estimate of drug-likeness (QED) is 0.168. The van der Waals surface area contributed by atoms with Crippen molar-refractivity contribution in [1.82, 2.24) is 4.68 Å². The summed E-state index contributed by atoms with van der Waals surface area (Å²) in [6.45, 7) is 0. The van der Waals surface area contributed by atoms with E-state index < -0.39 is 5.41 Å². The van der Waals surface area contributed by atoms with Gasteiger partial charge < -0.3 is 0 Å². The maximum atomic E-state index is 2.58. The zero-order chi connectivity index (χ0) is 35.6. The predicted octanol–water partition coefficient (Wildman–Crippen LogP) is 12.6. The average Bonchev–Trinajstić information content (AvgIpc) is 3.71. The van der Waals surface area contributed by atoms with E-state index in [0.29, 0.717) is 0 Å². The highest BCUT2D eigenvalue weighted by molar-refractivity contribution is 6.12. The number of allylic oxidation sites excluding steroid dienone is 6. The number of benzene rings is 6. The number of fused-ring (bicyclic) bond motifs is 6. The first-order chi connectivity index (χ1) is 26.8. The summed E-state index contributed by atoms with van der Waals surface area (Å²) in [5.74, 6) is 0. The zero-order valence-corrected chi connectivity index (χ0v) is 30.2. The van der Waals surface area contributed by atoms with Crippen LogP contribution in [0.1, 0.15) is 53.5 Å². The molecule has 0 bridgehead atoms. The molecule has 2 heterocycles. The first kappa shape index (κ1) is 31.2. The minimum absolute atomic E-state index is 0.0894. The molecule has 54 heavy (non-hydrogen) atoms. The Hall–Kier alpha value is -6.38. The van der Waals surface area contributed by atoms with Crippen LogP contribution in [0.2, 0.25) is 0 Å². The molecule has 11 rings (SSSR count). The lowest BCUT2D eigenvalue weighted by Gasteiger charge is -2.44. The standard InChI is InChI=1S/C52H40N2/c1-5-18-36(19-6-1)38-22-17-23-39(32-38)50-35-49(37-20-7-2-8-21-37)54(50)53-48-31-16-14-29-43(48)45-33-44-42-28-13-15-30-46(42)52(47(44)34-51(45)53,40-24-9-3-10-25-40)41-26-11-4-12-27-41/h1-3,5-11,13-16,18-21,23-35,50H,4,12,17,22H2. The van der Waals surface area contributed by atoms with Crippen molar-refractivity contribution >= 4 is 33.1 Å². The van der Waals surface area contributed by atoms with Crippen LogP contribution >= 0.6 is 0 Å². The first-order valence-corrected chi connectivity index (χ1v) is 19.4. The third-order valence-corrected chi connectivity index (χ3v) is 12.2. The largest absolute Gasteiger partial charge is 0.269 e. The fraction of sp³-hybridized carbons (Fsp3) is 0.115. The number of hydrogen-bond acceptors (Lipinski definition) is 1. The van der Waals surface area contributed by atoms with Crippen LogP contribution in [-0.2, 0) is 5.41 Å². The van der Waals surface area contributed by atoms with Gasteiger partial charge in [0.2, 0.25) is 0 Å². The van der Waals surface area contributed by atoms with Crippen molar-refractivity contribution in [1.29, 1.82) is 0 Å². The third-order valence-electron chi connectivity index (χ3n) is 12.2. The van der Waals surface area contributed by atoms with E-state index >= 15 is 0 Å². The molecule has 0 saturated heterocycles. The van der Waals surface area contributed by atoms with Crippen molar-refractivity contribution in [3.05, 3.63) is 227 Å². The Labute approximate surface area is 317 Å². The second-order valence-corrected chi connectivity index (χ2v) is 15.0. The van der Waals surface area contributed by atoms with E-state index in [1.54, 1.807) is 0 Å². The van der Waals surface area contributed by atoms with Gasteiger partial charge in [0, 0.05) is 10.8 Å². The zero-order valence-electron chi connectivity index (χ0n) is 30.2. The fourth-order valence-electron chi connectivity index (χ4n) is 9.80. The van der Waals surface area contributed by atoms with Gasteiger partial charge in [-0.3, -0.25) is 9.69 Å². The maximum absolute atomic E-state index is 2.58. The minimum atomic E-state index is -0.425. The molecule has 6 aromatic carbocycles. The molecule has 2 unspecified atom stereocenters. The molecule has 0 amide bonds. The van der Waals surface area contributed by atoms with Gasteiger partial charge in [-0.15, -0.1) is 0 Å². The lowest BCUT2D eigenvalue weighted by atomic mass is 9.66. The highest BCUT2D eigenvalue weighted by Crippen LogP contribution is 2.58. The van der Waals surface area contributed by atoms with E-state index in [-0.39, 0.29) is 6.04 Å².